The number of carbonyl (C=O) groups is 1. The number of fused-ring (bicyclic) bond motifs is 1. The van der Waals surface area contributed by atoms with Crippen LogP contribution in [0.3, 0.4) is 0 Å². The Labute approximate surface area is 157 Å². The largest absolute Gasteiger partial charge is 0.495 e. The van der Waals surface area contributed by atoms with E-state index in [4.69, 9.17) is 4.74 Å². The van der Waals surface area contributed by atoms with E-state index < -0.39 is 0 Å². The van der Waals surface area contributed by atoms with Gasteiger partial charge in [-0.2, -0.15) is 0 Å². The molecule has 1 atom stereocenters. The van der Waals surface area contributed by atoms with E-state index in [1.165, 1.54) is 12.1 Å². The minimum Gasteiger partial charge on any atom is -0.495 e. The predicted octanol–water partition coefficient (Wildman–Crippen LogP) is 4.27. The molecule has 27 heavy (non-hydrogen) atoms. The molecule has 2 heterocycles. The maximum Gasteiger partial charge on any atom is 0.322 e. The Morgan fingerprint density at radius 1 is 1.07 bits per heavy atom. The third-order valence-electron chi connectivity index (χ3n) is 4.83. The molecular formula is C21H20FN3O2. The first-order chi connectivity index (χ1) is 13.2. The zero-order valence-electron chi connectivity index (χ0n) is 14.9. The number of carbonyl (C=O) groups excluding carboxylic acids is 1. The highest BCUT2D eigenvalue weighted by atomic mass is 19.1. The number of para-hydroxylation sites is 2. The normalized spacial score (nSPS) is 15.9. The number of anilines is 1. The number of halogens is 1. The Balaban J connectivity index is 1.68. The summed E-state index contributed by atoms with van der Waals surface area (Å²) in [5.74, 6) is 0.305. The van der Waals surface area contributed by atoms with Crippen LogP contribution in [0.4, 0.5) is 14.9 Å². The van der Waals surface area contributed by atoms with Crippen LogP contribution in [0.15, 0.2) is 66.9 Å². The maximum atomic E-state index is 13.4. The molecule has 0 saturated heterocycles. The Bertz CT molecular complexity index is 952. The van der Waals surface area contributed by atoms with Crippen molar-refractivity contribution >= 4 is 11.7 Å². The van der Waals surface area contributed by atoms with Crippen molar-refractivity contribution in [2.24, 2.45) is 0 Å². The van der Waals surface area contributed by atoms with E-state index in [-0.39, 0.29) is 17.9 Å². The lowest BCUT2D eigenvalue weighted by Crippen LogP contribution is -2.44. The third kappa shape index (κ3) is 3.26. The fourth-order valence-electron chi connectivity index (χ4n) is 3.53. The number of methoxy groups -OCH3 is 1. The summed E-state index contributed by atoms with van der Waals surface area (Å²) in [6, 6.07) is 17.1. The highest BCUT2D eigenvalue weighted by molar-refractivity contribution is 5.91. The SMILES string of the molecule is COc1ccccc1NC(=O)N1CCn2cccc2[C@H]1c1ccc(F)cc1. The Kier molecular flexibility index (Phi) is 4.54. The van der Waals surface area contributed by atoms with E-state index in [2.05, 4.69) is 9.88 Å². The average molecular weight is 365 g/mol. The first-order valence-electron chi connectivity index (χ1n) is 8.78. The number of amides is 2. The molecule has 0 bridgehead atoms. The number of hydrogen-bond donors (Lipinski definition) is 1. The summed E-state index contributed by atoms with van der Waals surface area (Å²) in [5, 5.41) is 2.94. The molecule has 6 heteroatoms. The van der Waals surface area contributed by atoms with Gasteiger partial charge in [-0.3, -0.25) is 0 Å². The lowest BCUT2D eigenvalue weighted by molar-refractivity contribution is 0.181. The molecule has 2 amide bonds. The molecule has 3 aromatic rings. The highest BCUT2D eigenvalue weighted by Crippen LogP contribution is 2.33. The number of benzene rings is 2. The van der Waals surface area contributed by atoms with Crippen LogP contribution in [-0.4, -0.2) is 29.2 Å². The van der Waals surface area contributed by atoms with Gasteiger partial charge in [0.05, 0.1) is 18.8 Å². The molecule has 1 aliphatic heterocycles. The van der Waals surface area contributed by atoms with Crippen LogP contribution < -0.4 is 10.1 Å². The Morgan fingerprint density at radius 2 is 1.85 bits per heavy atom. The fourth-order valence-corrected chi connectivity index (χ4v) is 3.53. The second-order valence-corrected chi connectivity index (χ2v) is 6.40. The summed E-state index contributed by atoms with van der Waals surface area (Å²) in [5.41, 5.74) is 2.48. The van der Waals surface area contributed by atoms with Gasteiger partial charge < -0.3 is 19.5 Å². The van der Waals surface area contributed by atoms with E-state index in [0.29, 0.717) is 24.5 Å². The number of nitrogens with zero attached hydrogens (tertiary/aromatic N) is 2. The zero-order chi connectivity index (χ0) is 18.8. The molecule has 0 fully saturated rings. The summed E-state index contributed by atoms with van der Waals surface area (Å²) in [6.07, 6.45) is 2.00. The molecule has 138 valence electrons. The van der Waals surface area contributed by atoms with E-state index in [1.807, 2.05) is 30.5 Å². The molecule has 0 saturated carbocycles. The standard InChI is InChI=1S/C21H20FN3O2/c1-27-19-7-3-2-5-17(19)23-21(26)25-14-13-24-12-4-6-18(24)20(25)15-8-10-16(22)11-9-15/h2-12,20H,13-14H2,1H3,(H,23,26)/t20-/m1/s1. The monoisotopic (exact) mass is 365 g/mol. The second kappa shape index (κ2) is 7.15. The number of nitrogens with one attached hydrogen (secondary N) is 1. The molecule has 0 radical (unpaired) electrons. The Hall–Kier alpha value is -3.28. The van der Waals surface area contributed by atoms with Crippen LogP contribution in [0.2, 0.25) is 0 Å². The van der Waals surface area contributed by atoms with E-state index in [0.717, 1.165) is 11.3 Å². The van der Waals surface area contributed by atoms with Crippen LogP contribution in [0.5, 0.6) is 5.75 Å². The van der Waals surface area contributed by atoms with Crippen LogP contribution in [0.1, 0.15) is 17.3 Å². The molecule has 0 unspecified atom stereocenters. The van der Waals surface area contributed by atoms with Gasteiger partial charge in [0.15, 0.2) is 0 Å². The summed E-state index contributed by atoms with van der Waals surface area (Å²) in [4.78, 5) is 14.9. The quantitative estimate of drug-likeness (QED) is 0.753. The van der Waals surface area contributed by atoms with Crippen molar-refractivity contribution in [1.82, 2.24) is 9.47 Å². The van der Waals surface area contributed by atoms with Gasteiger partial charge in [-0.05, 0) is 42.0 Å². The topological polar surface area (TPSA) is 46.5 Å². The van der Waals surface area contributed by atoms with Crippen molar-refractivity contribution in [3.8, 4) is 5.75 Å². The first-order valence-corrected chi connectivity index (χ1v) is 8.78. The minimum absolute atomic E-state index is 0.221. The number of hydrogen-bond acceptors (Lipinski definition) is 2. The molecule has 5 nitrogen and oxygen atoms in total. The summed E-state index contributed by atoms with van der Waals surface area (Å²) in [7, 11) is 1.57. The Morgan fingerprint density at radius 3 is 2.63 bits per heavy atom. The van der Waals surface area contributed by atoms with E-state index >= 15 is 0 Å². The number of urea groups is 1. The van der Waals surface area contributed by atoms with Crippen LogP contribution in [0.25, 0.3) is 0 Å². The summed E-state index contributed by atoms with van der Waals surface area (Å²) >= 11 is 0. The molecule has 2 aromatic carbocycles. The average Bonchev–Trinajstić information content (AvgIpc) is 3.17. The van der Waals surface area contributed by atoms with Crippen molar-refractivity contribution in [1.29, 1.82) is 0 Å². The van der Waals surface area contributed by atoms with E-state index in [9.17, 15) is 9.18 Å². The van der Waals surface area contributed by atoms with Gasteiger partial charge in [-0.15, -0.1) is 0 Å². The third-order valence-corrected chi connectivity index (χ3v) is 4.83. The van der Waals surface area contributed by atoms with Gasteiger partial charge in [0, 0.05) is 25.0 Å². The van der Waals surface area contributed by atoms with Gasteiger partial charge in [-0.1, -0.05) is 24.3 Å². The molecule has 1 N–H and O–H groups in total. The predicted molar refractivity (Wildman–Crippen MR) is 101 cm³/mol. The van der Waals surface area contributed by atoms with Crippen molar-refractivity contribution in [3.63, 3.8) is 0 Å². The lowest BCUT2D eigenvalue weighted by atomic mass is 10.0. The molecule has 1 aliphatic rings. The lowest BCUT2D eigenvalue weighted by Gasteiger charge is -2.37. The van der Waals surface area contributed by atoms with Gasteiger partial charge in [0.2, 0.25) is 0 Å². The van der Waals surface area contributed by atoms with Gasteiger partial charge >= 0.3 is 6.03 Å². The van der Waals surface area contributed by atoms with Crippen molar-refractivity contribution < 1.29 is 13.9 Å². The van der Waals surface area contributed by atoms with Crippen molar-refractivity contribution in [3.05, 3.63) is 83.9 Å². The van der Waals surface area contributed by atoms with Gasteiger partial charge in [0.25, 0.3) is 0 Å². The molecule has 4 rings (SSSR count). The van der Waals surface area contributed by atoms with Gasteiger partial charge in [0.1, 0.15) is 11.6 Å². The summed E-state index contributed by atoms with van der Waals surface area (Å²) < 4.78 is 20.9. The van der Waals surface area contributed by atoms with Crippen LogP contribution in [-0.2, 0) is 6.54 Å². The van der Waals surface area contributed by atoms with Crippen molar-refractivity contribution in [2.45, 2.75) is 12.6 Å². The summed E-state index contributed by atoms with van der Waals surface area (Å²) in [6.45, 7) is 1.25. The van der Waals surface area contributed by atoms with Crippen molar-refractivity contribution in [2.75, 3.05) is 19.0 Å². The number of rotatable bonds is 3. The first kappa shape index (κ1) is 17.1. The van der Waals surface area contributed by atoms with Gasteiger partial charge in [-0.25, -0.2) is 9.18 Å². The maximum absolute atomic E-state index is 13.4. The number of ether oxygens (including phenoxy) is 1. The molecule has 1 aromatic heterocycles. The minimum atomic E-state index is -0.296. The molecular weight excluding hydrogens is 345 g/mol. The van der Waals surface area contributed by atoms with Crippen LogP contribution in [0, 0.1) is 5.82 Å². The van der Waals surface area contributed by atoms with E-state index in [1.54, 1.807) is 36.3 Å². The fraction of sp³-hybridized carbons (Fsp3) is 0.190. The zero-order valence-corrected chi connectivity index (χ0v) is 14.9. The highest BCUT2D eigenvalue weighted by Gasteiger charge is 2.32. The smallest absolute Gasteiger partial charge is 0.322 e. The molecule has 0 spiro atoms. The number of aromatic nitrogens is 1. The van der Waals surface area contributed by atoms with Crippen LogP contribution >= 0.6 is 0 Å². The molecule has 0 aliphatic carbocycles. The second-order valence-electron chi connectivity index (χ2n) is 6.40.